The number of amides is 1. The fourth-order valence-electron chi connectivity index (χ4n) is 4.16. The monoisotopic (exact) mass is 305 g/mol. The fourth-order valence-corrected chi connectivity index (χ4v) is 4.16. The number of hydrogen-bond acceptors (Lipinski definition) is 3. The zero-order chi connectivity index (χ0) is 15.9. The SMILES string of the molecule is CC(C)(C)OC(=O)N1CCC[C@H]2CC3=C(CCCC3=O)C[C@@H]21. The first-order valence-electron chi connectivity index (χ1n) is 8.59. The second-order valence-electron chi connectivity index (χ2n) is 7.91. The maximum atomic E-state index is 12.5. The van der Waals surface area contributed by atoms with Gasteiger partial charge in [0.05, 0.1) is 0 Å². The topological polar surface area (TPSA) is 46.6 Å². The molecule has 1 aliphatic heterocycles. The van der Waals surface area contributed by atoms with Gasteiger partial charge >= 0.3 is 6.09 Å². The van der Waals surface area contributed by atoms with E-state index in [1.54, 1.807) is 0 Å². The van der Waals surface area contributed by atoms with Crippen LogP contribution >= 0.6 is 0 Å². The number of nitrogens with zero attached hydrogens (tertiary/aromatic N) is 1. The molecule has 3 rings (SSSR count). The number of ketones is 1. The minimum atomic E-state index is -0.454. The molecular formula is C18H27NO3. The van der Waals surface area contributed by atoms with Gasteiger partial charge in [0, 0.05) is 19.0 Å². The molecule has 4 heteroatoms. The summed E-state index contributed by atoms with van der Waals surface area (Å²) in [5.74, 6) is 0.788. The number of allylic oxidation sites excluding steroid dienone is 1. The molecule has 0 spiro atoms. The largest absolute Gasteiger partial charge is 0.444 e. The van der Waals surface area contributed by atoms with Crippen LogP contribution in [0.15, 0.2) is 11.1 Å². The van der Waals surface area contributed by atoms with Crippen LogP contribution in [0.4, 0.5) is 4.79 Å². The van der Waals surface area contributed by atoms with Gasteiger partial charge in [-0.25, -0.2) is 4.79 Å². The van der Waals surface area contributed by atoms with Gasteiger partial charge in [-0.3, -0.25) is 4.79 Å². The molecular weight excluding hydrogens is 278 g/mol. The molecule has 2 atom stereocenters. The first-order valence-corrected chi connectivity index (χ1v) is 8.59. The van der Waals surface area contributed by atoms with Crippen molar-refractivity contribution in [3.05, 3.63) is 11.1 Å². The van der Waals surface area contributed by atoms with Crippen molar-refractivity contribution in [3.8, 4) is 0 Å². The predicted octanol–water partition coefficient (Wildman–Crippen LogP) is 3.85. The Hall–Kier alpha value is -1.32. The zero-order valence-electron chi connectivity index (χ0n) is 14.0. The standard InChI is InChI=1S/C18H27NO3/c1-18(2,3)22-17(21)19-9-5-7-13-10-14-12(11-15(13)19)6-4-8-16(14)20/h13,15H,4-11H2,1-3H3/t13-,15-/m0/s1. The van der Waals surface area contributed by atoms with Crippen LogP contribution in [0.1, 0.15) is 65.7 Å². The smallest absolute Gasteiger partial charge is 0.410 e. The van der Waals surface area contributed by atoms with E-state index in [0.29, 0.717) is 18.1 Å². The van der Waals surface area contributed by atoms with Crippen molar-refractivity contribution < 1.29 is 14.3 Å². The predicted molar refractivity (Wildman–Crippen MR) is 84.6 cm³/mol. The Morgan fingerprint density at radius 1 is 1.18 bits per heavy atom. The number of fused-ring (bicyclic) bond motifs is 1. The molecule has 3 aliphatic rings. The molecule has 0 saturated carbocycles. The third kappa shape index (κ3) is 3.06. The van der Waals surface area contributed by atoms with Gasteiger partial charge in [0.15, 0.2) is 5.78 Å². The van der Waals surface area contributed by atoms with E-state index in [4.69, 9.17) is 4.74 Å². The van der Waals surface area contributed by atoms with Crippen molar-refractivity contribution in [1.29, 1.82) is 0 Å². The summed E-state index contributed by atoms with van der Waals surface area (Å²) in [7, 11) is 0. The molecule has 22 heavy (non-hydrogen) atoms. The van der Waals surface area contributed by atoms with E-state index < -0.39 is 5.60 Å². The highest BCUT2D eigenvalue weighted by Crippen LogP contribution is 2.42. The molecule has 122 valence electrons. The van der Waals surface area contributed by atoms with E-state index in [0.717, 1.165) is 50.6 Å². The highest BCUT2D eigenvalue weighted by molar-refractivity contribution is 5.97. The number of Topliss-reactive ketones (excluding diaryl/α,β-unsaturated/α-hetero) is 1. The molecule has 0 aromatic carbocycles. The van der Waals surface area contributed by atoms with E-state index in [9.17, 15) is 9.59 Å². The fraction of sp³-hybridized carbons (Fsp3) is 0.778. The van der Waals surface area contributed by atoms with Gasteiger partial charge in [-0.05, 0) is 70.8 Å². The third-order valence-electron chi connectivity index (χ3n) is 5.11. The quantitative estimate of drug-likeness (QED) is 0.683. The van der Waals surface area contributed by atoms with Crippen LogP contribution in [-0.4, -0.2) is 35.0 Å². The second-order valence-corrected chi connectivity index (χ2v) is 7.91. The van der Waals surface area contributed by atoms with Gasteiger partial charge in [-0.1, -0.05) is 5.57 Å². The highest BCUT2D eigenvalue weighted by Gasteiger charge is 2.41. The summed E-state index contributed by atoms with van der Waals surface area (Å²) < 4.78 is 5.59. The van der Waals surface area contributed by atoms with Crippen LogP contribution in [-0.2, 0) is 9.53 Å². The molecule has 0 unspecified atom stereocenters. The van der Waals surface area contributed by atoms with Crippen molar-refractivity contribution in [2.24, 2.45) is 5.92 Å². The number of piperidine rings is 1. The van der Waals surface area contributed by atoms with Gasteiger partial charge < -0.3 is 9.64 Å². The van der Waals surface area contributed by atoms with Crippen molar-refractivity contribution in [2.45, 2.75) is 77.4 Å². The van der Waals surface area contributed by atoms with Gasteiger partial charge in [0.2, 0.25) is 0 Å². The molecule has 1 saturated heterocycles. The first-order chi connectivity index (χ1) is 10.3. The van der Waals surface area contributed by atoms with Gasteiger partial charge in [0.25, 0.3) is 0 Å². The number of carbonyl (C=O) groups is 2. The number of likely N-dealkylation sites (tertiary alicyclic amines) is 1. The van der Waals surface area contributed by atoms with Crippen molar-refractivity contribution in [3.63, 3.8) is 0 Å². The Morgan fingerprint density at radius 2 is 1.95 bits per heavy atom. The maximum Gasteiger partial charge on any atom is 0.410 e. The van der Waals surface area contributed by atoms with E-state index in [1.807, 2.05) is 25.7 Å². The van der Waals surface area contributed by atoms with E-state index >= 15 is 0 Å². The minimum absolute atomic E-state index is 0.187. The zero-order valence-corrected chi connectivity index (χ0v) is 14.0. The molecule has 1 fully saturated rings. The molecule has 0 radical (unpaired) electrons. The summed E-state index contributed by atoms with van der Waals surface area (Å²) in [5.41, 5.74) is 1.95. The number of rotatable bonds is 0. The lowest BCUT2D eigenvalue weighted by molar-refractivity contribution is -0.116. The Morgan fingerprint density at radius 3 is 2.68 bits per heavy atom. The van der Waals surface area contributed by atoms with Crippen LogP contribution in [0.25, 0.3) is 0 Å². The molecule has 4 nitrogen and oxygen atoms in total. The second kappa shape index (κ2) is 5.71. The molecule has 0 N–H and O–H groups in total. The van der Waals surface area contributed by atoms with Crippen LogP contribution in [0.5, 0.6) is 0 Å². The molecule has 0 aromatic heterocycles. The number of ether oxygens (including phenoxy) is 1. The summed E-state index contributed by atoms with van der Waals surface area (Å²) in [4.78, 5) is 26.6. The lowest BCUT2D eigenvalue weighted by Gasteiger charge is -2.45. The molecule has 2 aliphatic carbocycles. The summed E-state index contributed by atoms with van der Waals surface area (Å²) in [6.07, 6.45) is 6.42. The number of carbonyl (C=O) groups excluding carboxylic acids is 2. The summed E-state index contributed by atoms with van der Waals surface area (Å²) in [5, 5.41) is 0. The minimum Gasteiger partial charge on any atom is -0.444 e. The highest BCUT2D eigenvalue weighted by atomic mass is 16.6. The van der Waals surface area contributed by atoms with Crippen LogP contribution < -0.4 is 0 Å². The molecule has 1 amide bonds. The van der Waals surface area contributed by atoms with Crippen LogP contribution in [0, 0.1) is 5.92 Å². The van der Waals surface area contributed by atoms with E-state index in [2.05, 4.69) is 0 Å². The lowest BCUT2D eigenvalue weighted by atomic mass is 9.71. The van der Waals surface area contributed by atoms with Gasteiger partial charge in [-0.2, -0.15) is 0 Å². The summed E-state index contributed by atoms with van der Waals surface area (Å²) >= 11 is 0. The Bertz CT molecular complexity index is 515. The Balaban J connectivity index is 1.79. The normalized spacial score (nSPS) is 29.0. The van der Waals surface area contributed by atoms with E-state index in [1.165, 1.54) is 5.57 Å². The Labute approximate surface area is 132 Å². The molecule has 0 aromatic rings. The van der Waals surface area contributed by atoms with Crippen LogP contribution in [0.3, 0.4) is 0 Å². The van der Waals surface area contributed by atoms with Crippen molar-refractivity contribution >= 4 is 11.9 Å². The Kier molecular flexibility index (Phi) is 4.04. The molecule has 0 bridgehead atoms. The summed E-state index contributed by atoms with van der Waals surface area (Å²) in [6.45, 7) is 6.52. The third-order valence-corrected chi connectivity index (χ3v) is 5.11. The van der Waals surface area contributed by atoms with Crippen LogP contribution in [0.2, 0.25) is 0 Å². The number of hydrogen-bond donors (Lipinski definition) is 0. The maximum absolute atomic E-state index is 12.5. The van der Waals surface area contributed by atoms with Crippen molar-refractivity contribution in [1.82, 2.24) is 4.90 Å². The van der Waals surface area contributed by atoms with E-state index in [-0.39, 0.29) is 12.1 Å². The first kappa shape index (κ1) is 15.6. The lowest BCUT2D eigenvalue weighted by Crippen LogP contribution is -2.52. The average molecular weight is 305 g/mol. The average Bonchev–Trinajstić information content (AvgIpc) is 2.43. The molecule has 1 heterocycles. The van der Waals surface area contributed by atoms with Gasteiger partial charge in [0.1, 0.15) is 5.60 Å². The summed E-state index contributed by atoms with van der Waals surface area (Å²) in [6, 6.07) is 0.230. The van der Waals surface area contributed by atoms with Crippen molar-refractivity contribution in [2.75, 3.05) is 6.54 Å². The van der Waals surface area contributed by atoms with Gasteiger partial charge in [-0.15, -0.1) is 0 Å².